The molecule has 0 unspecified atom stereocenters. The number of carbonyl (C=O) groups excluding carboxylic acids is 1. The van der Waals surface area contributed by atoms with Gasteiger partial charge in [0.1, 0.15) is 0 Å². The average Bonchev–Trinajstić information content (AvgIpc) is 3.02. The second-order valence-corrected chi connectivity index (χ2v) is 6.34. The van der Waals surface area contributed by atoms with Gasteiger partial charge in [-0.1, -0.05) is 18.6 Å². The lowest BCUT2D eigenvalue weighted by molar-refractivity contribution is 0.0736. The number of aromatic nitrogens is 3. The van der Waals surface area contributed by atoms with E-state index in [2.05, 4.69) is 22.1 Å². The fourth-order valence-electron chi connectivity index (χ4n) is 3.44. The summed E-state index contributed by atoms with van der Waals surface area (Å²) in [5.41, 5.74) is 6.15. The SMILES string of the molecule is CCc1n[nH]c2c1CN(C(=O)c1ccnc3ccc(C)cc13)CC2. The van der Waals surface area contributed by atoms with Gasteiger partial charge in [0.05, 0.1) is 16.8 Å². The minimum absolute atomic E-state index is 0.0712. The van der Waals surface area contributed by atoms with E-state index in [4.69, 9.17) is 0 Å². The van der Waals surface area contributed by atoms with Crippen molar-refractivity contribution >= 4 is 16.8 Å². The molecule has 3 aromatic rings. The van der Waals surface area contributed by atoms with Crippen LogP contribution in [0.5, 0.6) is 0 Å². The molecule has 3 heterocycles. The van der Waals surface area contributed by atoms with Gasteiger partial charge in [0, 0.05) is 42.4 Å². The van der Waals surface area contributed by atoms with Gasteiger partial charge in [-0.05, 0) is 31.5 Å². The maximum absolute atomic E-state index is 13.1. The Morgan fingerprint density at radius 1 is 1.33 bits per heavy atom. The molecule has 122 valence electrons. The van der Waals surface area contributed by atoms with Gasteiger partial charge in [0.15, 0.2) is 0 Å². The molecule has 1 aliphatic rings. The number of aromatic amines is 1. The summed E-state index contributed by atoms with van der Waals surface area (Å²) in [6.45, 7) is 5.47. The number of hydrogen-bond acceptors (Lipinski definition) is 3. The lowest BCUT2D eigenvalue weighted by Gasteiger charge is -2.27. The zero-order chi connectivity index (χ0) is 16.7. The smallest absolute Gasteiger partial charge is 0.254 e. The Labute approximate surface area is 140 Å². The summed E-state index contributed by atoms with van der Waals surface area (Å²) in [5.74, 6) is 0.0712. The number of H-pyrrole nitrogens is 1. The molecule has 1 aromatic carbocycles. The summed E-state index contributed by atoms with van der Waals surface area (Å²) in [6.07, 6.45) is 3.43. The number of nitrogens with zero attached hydrogens (tertiary/aromatic N) is 3. The molecular weight excluding hydrogens is 300 g/mol. The van der Waals surface area contributed by atoms with Crippen LogP contribution < -0.4 is 0 Å². The maximum atomic E-state index is 13.1. The number of nitrogens with one attached hydrogen (secondary N) is 1. The van der Waals surface area contributed by atoms with Gasteiger partial charge in [-0.3, -0.25) is 14.9 Å². The molecule has 5 heteroatoms. The molecule has 24 heavy (non-hydrogen) atoms. The second-order valence-electron chi connectivity index (χ2n) is 6.34. The normalized spacial score (nSPS) is 14.0. The molecule has 0 atom stereocenters. The predicted octanol–water partition coefficient (Wildman–Crippen LogP) is 3.03. The molecule has 2 aromatic heterocycles. The van der Waals surface area contributed by atoms with Crippen molar-refractivity contribution in [3.05, 3.63) is 58.5 Å². The molecule has 5 nitrogen and oxygen atoms in total. The van der Waals surface area contributed by atoms with Crippen molar-refractivity contribution < 1.29 is 4.79 Å². The van der Waals surface area contributed by atoms with E-state index < -0.39 is 0 Å². The lowest BCUT2D eigenvalue weighted by atomic mass is 10.0. The van der Waals surface area contributed by atoms with Crippen LogP contribution in [-0.4, -0.2) is 32.5 Å². The third kappa shape index (κ3) is 2.37. The van der Waals surface area contributed by atoms with Crippen LogP contribution in [0.25, 0.3) is 10.9 Å². The van der Waals surface area contributed by atoms with E-state index in [-0.39, 0.29) is 5.91 Å². The first-order valence-electron chi connectivity index (χ1n) is 8.37. The number of amides is 1. The number of carbonyl (C=O) groups is 1. The molecule has 0 bridgehead atoms. The minimum Gasteiger partial charge on any atom is -0.334 e. The minimum atomic E-state index is 0.0712. The van der Waals surface area contributed by atoms with Crippen LogP contribution in [-0.2, 0) is 19.4 Å². The highest BCUT2D eigenvalue weighted by molar-refractivity contribution is 6.06. The van der Waals surface area contributed by atoms with Gasteiger partial charge in [0.25, 0.3) is 5.91 Å². The van der Waals surface area contributed by atoms with Gasteiger partial charge in [-0.15, -0.1) is 0 Å². The van der Waals surface area contributed by atoms with Crippen LogP contribution in [0.15, 0.2) is 30.5 Å². The molecule has 0 saturated heterocycles. The van der Waals surface area contributed by atoms with Gasteiger partial charge in [-0.25, -0.2) is 0 Å². The van der Waals surface area contributed by atoms with E-state index in [1.807, 2.05) is 36.1 Å². The summed E-state index contributed by atoms with van der Waals surface area (Å²) >= 11 is 0. The number of benzene rings is 1. The molecule has 0 radical (unpaired) electrons. The van der Waals surface area contributed by atoms with E-state index in [0.29, 0.717) is 13.1 Å². The highest BCUT2D eigenvalue weighted by Gasteiger charge is 2.26. The topological polar surface area (TPSA) is 61.9 Å². The first-order chi connectivity index (χ1) is 11.7. The third-order valence-corrected chi connectivity index (χ3v) is 4.77. The predicted molar refractivity (Wildman–Crippen MR) is 92.9 cm³/mol. The summed E-state index contributed by atoms with van der Waals surface area (Å²) < 4.78 is 0. The van der Waals surface area contributed by atoms with Crippen molar-refractivity contribution in [1.29, 1.82) is 0 Å². The Morgan fingerprint density at radius 3 is 3.04 bits per heavy atom. The first kappa shape index (κ1) is 14.9. The van der Waals surface area contributed by atoms with Crippen LogP contribution in [0.2, 0.25) is 0 Å². The number of fused-ring (bicyclic) bond motifs is 2. The van der Waals surface area contributed by atoms with Crippen molar-refractivity contribution in [2.75, 3.05) is 6.54 Å². The van der Waals surface area contributed by atoms with E-state index >= 15 is 0 Å². The van der Waals surface area contributed by atoms with E-state index in [9.17, 15) is 4.79 Å². The molecule has 0 saturated carbocycles. The summed E-state index contributed by atoms with van der Waals surface area (Å²) in [6, 6.07) is 7.87. The van der Waals surface area contributed by atoms with Gasteiger partial charge in [-0.2, -0.15) is 5.10 Å². The monoisotopic (exact) mass is 320 g/mol. The number of aryl methyl sites for hydroxylation is 2. The average molecular weight is 320 g/mol. The summed E-state index contributed by atoms with van der Waals surface area (Å²) in [4.78, 5) is 19.4. The Balaban J connectivity index is 1.71. The third-order valence-electron chi connectivity index (χ3n) is 4.77. The molecule has 0 aliphatic carbocycles. The van der Waals surface area contributed by atoms with Crippen molar-refractivity contribution in [3.8, 4) is 0 Å². The summed E-state index contributed by atoms with van der Waals surface area (Å²) in [5, 5.41) is 8.41. The zero-order valence-corrected chi connectivity index (χ0v) is 14.0. The largest absolute Gasteiger partial charge is 0.334 e. The zero-order valence-electron chi connectivity index (χ0n) is 14.0. The van der Waals surface area contributed by atoms with Crippen LogP contribution in [0.1, 0.15) is 39.8 Å². The molecule has 1 N–H and O–H groups in total. The van der Waals surface area contributed by atoms with E-state index in [1.165, 1.54) is 11.3 Å². The van der Waals surface area contributed by atoms with Crippen molar-refractivity contribution in [3.63, 3.8) is 0 Å². The fraction of sp³-hybridized carbons (Fsp3) is 0.316. The van der Waals surface area contributed by atoms with Gasteiger partial charge in [0.2, 0.25) is 0 Å². The fourth-order valence-corrected chi connectivity index (χ4v) is 3.44. The molecule has 1 aliphatic heterocycles. The first-order valence-corrected chi connectivity index (χ1v) is 8.37. The Kier molecular flexibility index (Phi) is 3.56. The molecule has 1 amide bonds. The highest BCUT2D eigenvalue weighted by atomic mass is 16.2. The standard InChI is InChI=1S/C19H20N4O/c1-3-16-15-11-23(9-7-18(15)22-21-16)19(24)13-6-8-20-17-5-4-12(2)10-14(13)17/h4-6,8,10H,3,7,9,11H2,1-2H3,(H,21,22). The van der Waals surface area contributed by atoms with Crippen LogP contribution >= 0.6 is 0 Å². The van der Waals surface area contributed by atoms with Gasteiger partial charge < -0.3 is 4.90 Å². The Morgan fingerprint density at radius 2 is 2.21 bits per heavy atom. The van der Waals surface area contributed by atoms with Crippen LogP contribution in [0.4, 0.5) is 0 Å². The van der Waals surface area contributed by atoms with Gasteiger partial charge >= 0.3 is 0 Å². The van der Waals surface area contributed by atoms with Crippen molar-refractivity contribution in [1.82, 2.24) is 20.1 Å². The Hall–Kier alpha value is -2.69. The van der Waals surface area contributed by atoms with E-state index in [0.717, 1.165) is 40.6 Å². The lowest BCUT2D eigenvalue weighted by Crippen LogP contribution is -2.36. The quantitative estimate of drug-likeness (QED) is 0.789. The molecule has 4 rings (SSSR count). The molecule has 0 fully saturated rings. The van der Waals surface area contributed by atoms with Crippen LogP contribution in [0.3, 0.4) is 0 Å². The van der Waals surface area contributed by atoms with Crippen LogP contribution in [0, 0.1) is 6.92 Å². The number of rotatable bonds is 2. The number of pyridine rings is 1. The molecular formula is C19H20N4O. The second kappa shape index (κ2) is 5.74. The highest BCUT2D eigenvalue weighted by Crippen LogP contribution is 2.25. The van der Waals surface area contributed by atoms with Crippen molar-refractivity contribution in [2.24, 2.45) is 0 Å². The van der Waals surface area contributed by atoms with E-state index in [1.54, 1.807) is 6.20 Å². The Bertz CT molecular complexity index is 915. The maximum Gasteiger partial charge on any atom is 0.254 e. The van der Waals surface area contributed by atoms with Crippen molar-refractivity contribution in [2.45, 2.75) is 33.2 Å². The number of hydrogen-bond donors (Lipinski definition) is 1. The summed E-state index contributed by atoms with van der Waals surface area (Å²) in [7, 11) is 0. The molecule has 0 spiro atoms.